The van der Waals surface area contributed by atoms with Crippen LogP contribution in [0.2, 0.25) is 0 Å². The number of pyridine rings is 1. The molecule has 36 heavy (non-hydrogen) atoms. The summed E-state index contributed by atoms with van der Waals surface area (Å²) in [6.45, 7) is 8.26. The lowest BCUT2D eigenvalue weighted by Crippen LogP contribution is -2.38. The van der Waals surface area contributed by atoms with Gasteiger partial charge in [-0.2, -0.15) is 5.10 Å². The molecule has 1 aliphatic rings. The van der Waals surface area contributed by atoms with Gasteiger partial charge in [0.2, 0.25) is 5.91 Å². The molecule has 0 radical (unpaired) electrons. The number of aryl methyl sites for hydroxylation is 1. The monoisotopic (exact) mass is 480 g/mol. The average molecular weight is 481 g/mol. The van der Waals surface area contributed by atoms with E-state index in [9.17, 15) is 4.79 Å². The predicted octanol–water partition coefficient (Wildman–Crippen LogP) is 6.46. The first-order chi connectivity index (χ1) is 17.5. The minimum atomic E-state index is 0.148. The highest BCUT2D eigenvalue weighted by Crippen LogP contribution is 2.42. The number of ether oxygens (including phenoxy) is 1. The second-order valence-electron chi connectivity index (χ2n) is 9.51. The molecular formula is C30H32N4O2. The molecule has 0 bridgehead atoms. The third-order valence-corrected chi connectivity index (χ3v) is 6.62. The minimum Gasteiger partial charge on any atom is -0.489 e. The van der Waals surface area contributed by atoms with Gasteiger partial charge in [-0.15, -0.1) is 0 Å². The van der Waals surface area contributed by atoms with E-state index in [4.69, 9.17) is 9.84 Å². The van der Waals surface area contributed by atoms with Gasteiger partial charge in [0.05, 0.1) is 12.1 Å². The van der Waals surface area contributed by atoms with Crippen LogP contribution in [0.4, 0.5) is 5.82 Å². The van der Waals surface area contributed by atoms with Gasteiger partial charge >= 0.3 is 0 Å². The molecule has 6 heteroatoms. The Morgan fingerprint density at radius 3 is 2.33 bits per heavy atom. The normalized spacial score (nSPS) is 13.2. The highest BCUT2D eigenvalue weighted by atomic mass is 16.5. The van der Waals surface area contributed by atoms with Crippen LogP contribution in [0.15, 0.2) is 73.1 Å². The average Bonchev–Trinajstić information content (AvgIpc) is 3.30. The van der Waals surface area contributed by atoms with Crippen molar-refractivity contribution in [2.75, 3.05) is 11.4 Å². The highest BCUT2D eigenvalue weighted by Gasteiger charge is 2.31. The van der Waals surface area contributed by atoms with E-state index in [2.05, 4.69) is 62.2 Å². The topological polar surface area (TPSA) is 60.2 Å². The van der Waals surface area contributed by atoms with Gasteiger partial charge in [-0.1, -0.05) is 57.2 Å². The van der Waals surface area contributed by atoms with Crippen LogP contribution < -0.4 is 9.64 Å². The fourth-order valence-electron chi connectivity index (χ4n) is 4.65. The van der Waals surface area contributed by atoms with Crippen molar-refractivity contribution in [2.24, 2.45) is 0 Å². The molecule has 6 nitrogen and oxygen atoms in total. The van der Waals surface area contributed by atoms with Crippen molar-refractivity contribution in [2.45, 2.75) is 52.7 Å². The van der Waals surface area contributed by atoms with E-state index in [1.807, 2.05) is 33.8 Å². The van der Waals surface area contributed by atoms with E-state index in [0.29, 0.717) is 32.0 Å². The molecule has 0 atom stereocenters. The van der Waals surface area contributed by atoms with Crippen molar-refractivity contribution >= 4 is 11.7 Å². The number of anilines is 1. The number of benzene rings is 2. The maximum absolute atomic E-state index is 12.9. The highest BCUT2D eigenvalue weighted by molar-refractivity contribution is 6.01. The molecule has 5 rings (SSSR count). The smallest absolute Gasteiger partial charge is 0.230 e. The SMILES string of the molecule is CCCN1C(=O)CCn2nc(-c3ccncc3)c(-c3ccc(OCc4ccc(C(C)C)cc4)cc3)c21. The predicted molar refractivity (Wildman–Crippen MR) is 143 cm³/mol. The summed E-state index contributed by atoms with van der Waals surface area (Å²) in [5.74, 6) is 2.34. The van der Waals surface area contributed by atoms with Crippen LogP contribution >= 0.6 is 0 Å². The third-order valence-electron chi connectivity index (χ3n) is 6.62. The van der Waals surface area contributed by atoms with Crippen LogP contribution in [0.5, 0.6) is 5.75 Å². The van der Waals surface area contributed by atoms with Gasteiger partial charge in [0.15, 0.2) is 0 Å². The van der Waals surface area contributed by atoms with Crippen LogP contribution in [-0.4, -0.2) is 27.2 Å². The first-order valence-electron chi connectivity index (χ1n) is 12.7. The Hall–Kier alpha value is -3.93. The zero-order chi connectivity index (χ0) is 25.1. The van der Waals surface area contributed by atoms with Gasteiger partial charge in [-0.3, -0.25) is 14.7 Å². The van der Waals surface area contributed by atoms with Crippen molar-refractivity contribution < 1.29 is 9.53 Å². The Bertz CT molecular complexity index is 1330. The number of fused-ring (bicyclic) bond motifs is 1. The van der Waals surface area contributed by atoms with Gasteiger partial charge < -0.3 is 4.74 Å². The van der Waals surface area contributed by atoms with Crippen LogP contribution in [-0.2, 0) is 17.9 Å². The number of nitrogens with zero attached hydrogens (tertiary/aromatic N) is 4. The lowest BCUT2D eigenvalue weighted by Gasteiger charge is -2.28. The number of carbonyl (C=O) groups is 1. The number of aromatic nitrogens is 3. The summed E-state index contributed by atoms with van der Waals surface area (Å²) in [7, 11) is 0. The Morgan fingerprint density at radius 2 is 1.67 bits per heavy atom. The van der Waals surface area contributed by atoms with Crippen molar-refractivity contribution in [3.8, 4) is 28.1 Å². The first-order valence-corrected chi connectivity index (χ1v) is 12.7. The van der Waals surface area contributed by atoms with Gasteiger partial charge in [-0.25, -0.2) is 4.68 Å². The lowest BCUT2D eigenvalue weighted by atomic mass is 10.00. The van der Waals surface area contributed by atoms with Crippen LogP contribution in [0, 0.1) is 0 Å². The Morgan fingerprint density at radius 1 is 0.944 bits per heavy atom. The maximum Gasteiger partial charge on any atom is 0.230 e. The summed E-state index contributed by atoms with van der Waals surface area (Å²) in [5.41, 5.74) is 6.29. The molecular weight excluding hydrogens is 448 g/mol. The Balaban J connectivity index is 1.46. The Labute approximate surface area is 212 Å². The number of rotatable bonds is 8. The summed E-state index contributed by atoms with van der Waals surface area (Å²) in [5, 5.41) is 4.95. The molecule has 1 aliphatic heterocycles. The third kappa shape index (κ3) is 4.76. The van der Waals surface area contributed by atoms with E-state index < -0.39 is 0 Å². The zero-order valence-corrected chi connectivity index (χ0v) is 21.1. The molecule has 0 fully saturated rings. The van der Waals surface area contributed by atoms with E-state index >= 15 is 0 Å². The van der Waals surface area contributed by atoms with Crippen LogP contribution in [0.25, 0.3) is 22.4 Å². The number of amides is 1. The molecule has 4 aromatic rings. The standard InChI is InChI=1S/C30H32N4O2/c1-4-18-33-27(35)15-19-34-30(33)28(29(32-34)25-13-16-31-17-14-25)24-9-11-26(12-10-24)36-20-22-5-7-23(8-6-22)21(2)3/h5-14,16-17,21H,4,15,18-20H2,1-3H3. The maximum atomic E-state index is 12.9. The van der Waals surface area contributed by atoms with E-state index in [1.54, 1.807) is 12.4 Å². The summed E-state index contributed by atoms with van der Waals surface area (Å²) in [6.07, 6.45) is 4.90. The second kappa shape index (κ2) is 10.4. The molecule has 0 aliphatic carbocycles. The van der Waals surface area contributed by atoms with Crippen molar-refractivity contribution in [3.63, 3.8) is 0 Å². The zero-order valence-electron chi connectivity index (χ0n) is 21.1. The van der Waals surface area contributed by atoms with Crippen molar-refractivity contribution in [3.05, 3.63) is 84.2 Å². The lowest BCUT2D eigenvalue weighted by molar-refractivity contribution is -0.119. The summed E-state index contributed by atoms with van der Waals surface area (Å²) < 4.78 is 8.05. The molecule has 1 amide bonds. The second-order valence-corrected chi connectivity index (χ2v) is 9.51. The fraction of sp³-hybridized carbons (Fsp3) is 0.300. The van der Waals surface area contributed by atoms with Gasteiger partial charge in [-0.05, 0) is 53.3 Å². The molecule has 184 valence electrons. The van der Waals surface area contributed by atoms with Gasteiger partial charge in [0.1, 0.15) is 23.9 Å². The minimum absolute atomic E-state index is 0.148. The largest absolute Gasteiger partial charge is 0.489 e. The Kier molecular flexibility index (Phi) is 6.85. The van der Waals surface area contributed by atoms with E-state index in [0.717, 1.165) is 45.9 Å². The molecule has 0 saturated carbocycles. The fourth-order valence-corrected chi connectivity index (χ4v) is 4.65. The molecule has 0 saturated heterocycles. The molecule has 0 N–H and O–H groups in total. The van der Waals surface area contributed by atoms with Crippen LogP contribution in [0.3, 0.4) is 0 Å². The first kappa shape index (κ1) is 23.8. The molecule has 2 aromatic carbocycles. The van der Waals surface area contributed by atoms with Crippen molar-refractivity contribution in [1.82, 2.24) is 14.8 Å². The van der Waals surface area contributed by atoms with Gasteiger partial charge in [0, 0.05) is 30.9 Å². The van der Waals surface area contributed by atoms with Gasteiger partial charge in [0.25, 0.3) is 0 Å². The van der Waals surface area contributed by atoms with Crippen LogP contribution in [0.1, 0.15) is 50.7 Å². The number of hydrogen-bond acceptors (Lipinski definition) is 4. The quantitative estimate of drug-likeness (QED) is 0.290. The van der Waals surface area contributed by atoms with Crippen molar-refractivity contribution in [1.29, 1.82) is 0 Å². The van der Waals surface area contributed by atoms with E-state index in [-0.39, 0.29) is 5.91 Å². The summed E-state index contributed by atoms with van der Waals surface area (Å²) in [6, 6.07) is 20.6. The number of hydrogen-bond donors (Lipinski definition) is 0. The summed E-state index contributed by atoms with van der Waals surface area (Å²) >= 11 is 0. The molecule has 3 heterocycles. The molecule has 0 spiro atoms. The number of carbonyl (C=O) groups excluding carboxylic acids is 1. The molecule has 0 unspecified atom stereocenters. The molecule has 2 aromatic heterocycles. The summed E-state index contributed by atoms with van der Waals surface area (Å²) in [4.78, 5) is 18.9. The van der Waals surface area contributed by atoms with E-state index in [1.165, 1.54) is 5.56 Å².